The van der Waals surface area contributed by atoms with Crippen LogP contribution < -0.4 is 18.0 Å². The average Bonchev–Trinajstić information content (AvgIpc) is 2.74. The topological polar surface area (TPSA) is 53.9 Å². The number of fused-ring (bicyclic) bond motifs is 1. The number of aryl methyl sites for hydroxylation is 1. The fourth-order valence-corrected chi connectivity index (χ4v) is 2.52. The molecule has 110 valence electrons. The van der Waals surface area contributed by atoms with Crippen LogP contribution in [-0.2, 0) is 13.6 Å². The van der Waals surface area contributed by atoms with Gasteiger partial charge in [0.1, 0.15) is 0 Å². The molecule has 0 amide bonds. The second kappa shape index (κ2) is 6.16. The van der Waals surface area contributed by atoms with E-state index >= 15 is 0 Å². The number of hydrogen-bond acceptors (Lipinski definition) is 2. The summed E-state index contributed by atoms with van der Waals surface area (Å²) in [6.07, 6.45) is -0.615. The largest absolute Gasteiger partial charge is 1.00 e. The molecule has 0 bridgehead atoms. The van der Waals surface area contributed by atoms with E-state index in [4.69, 9.17) is 5.41 Å². The van der Waals surface area contributed by atoms with E-state index in [9.17, 15) is 5.11 Å². The highest BCUT2D eigenvalue weighted by atomic mass is 35.5. The molecule has 0 radical (unpaired) electrons. The third-order valence-electron chi connectivity index (χ3n) is 3.65. The Hall–Kier alpha value is -2.04. The van der Waals surface area contributed by atoms with Crippen molar-refractivity contribution >= 4 is 11.0 Å². The maximum absolute atomic E-state index is 10.4. The van der Waals surface area contributed by atoms with Gasteiger partial charge >= 0.3 is 0 Å². The third-order valence-corrected chi connectivity index (χ3v) is 3.65. The van der Waals surface area contributed by atoms with Gasteiger partial charge < -0.3 is 26.6 Å². The minimum absolute atomic E-state index is 0. The summed E-state index contributed by atoms with van der Waals surface area (Å²) in [6, 6.07) is 17.4. The number of nitrogens with one attached hydrogen (secondary N) is 1. The Morgan fingerprint density at radius 1 is 1.00 bits per heavy atom. The number of aliphatic hydroxyl groups is 1. The highest BCUT2D eigenvalue weighted by Gasteiger charge is 2.13. The van der Waals surface area contributed by atoms with Crippen molar-refractivity contribution in [2.45, 2.75) is 12.6 Å². The number of hydrogen-bond donors (Lipinski definition) is 2. The van der Waals surface area contributed by atoms with Crippen molar-refractivity contribution in [3.8, 4) is 0 Å². The van der Waals surface area contributed by atoms with Crippen LogP contribution in [0.4, 0.5) is 0 Å². The summed E-state index contributed by atoms with van der Waals surface area (Å²) >= 11 is 0. The van der Waals surface area contributed by atoms with Gasteiger partial charge in [0.2, 0.25) is 5.62 Å². The molecule has 0 saturated carbocycles. The van der Waals surface area contributed by atoms with E-state index in [0.717, 1.165) is 16.6 Å². The molecule has 1 unspecified atom stereocenters. The Balaban J connectivity index is 0.00000161. The molecule has 2 aromatic carbocycles. The monoisotopic (exact) mass is 302 g/mol. The van der Waals surface area contributed by atoms with Gasteiger partial charge in [-0.25, -0.2) is 0 Å². The van der Waals surface area contributed by atoms with E-state index in [0.29, 0.717) is 12.2 Å². The second-order valence-electron chi connectivity index (χ2n) is 4.91. The van der Waals surface area contributed by atoms with Crippen LogP contribution in [0.2, 0.25) is 0 Å². The van der Waals surface area contributed by atoms with Crippen LogP contribution in [0.15, 0.2) is 54.6 Å². The molecule has 0 aliphatic rings. The number of rotatable bonds is 3. The van der Waals surface area contributed by atoms with Gasteiger partial charge in [-0.3, -0.25) is 5.41 Å². The fourth-order valence-electron chi connectivity index (χ4n) is 2.52. The predicted octanol–water partition coefficient (Wildman–Crippen LogP) is -0.803. The van der Waals surface area contributed by atoms with E-state index in [-0.39, 0.29) is 12.4 Å². The maximum atomic E-state index is 10.4. The molecule has 0 fully saturated rings. The molecule has 3 aromatic rings. The number of nitrogens with zero attached hydrogens (tertiary/aromatic N) is 2. The molecule has 1 atom stereocenters. The van der Waals surface area contributed by atoms with Crippen LogP contribution in [-0.4, -0.2) is 14.2 Å². The van der Waals surface area contributed by atoms with Gasteiger partial charge in [-0.2, -0.15) is 0 Å². The molecular formula is C16H17ClN3O-. The van der Waals surface area contributed by atoms with Crippen LogP contribution in [0.25, 0.3) is 11.0 Å². The zero-order chi connectivity index (χ0) is 14.1. The quantitative estimate of drug-likeness (QED) is 0.654. The van der Waals surface area contributed by atoms with Gasteiger partial charge in [0.25, 0.3) is 0 Å². The Morgan fingerprint density at radius 3 is 2.24 bits per heavy atom. The third kappa shape index (κ3) is 2.73. The highest BCUT2D eigenvalue weighted by molar-refractivity contribution is 5.75. The summed E-state index contributed by atoms with van der Waals surface area (Å²) in [6.45, 7) is 0.379. The zero-order valence-corrected chi connectivity index (χ0v) is 12.5. The first-order chi connectivity index (χ1) is 9.68. The summed E-state index contributed by atoms with van der Waals surface area (Å²) in [5.41, 5.74) is 3.22. The molecule has 2 N–H and O–H groups in total. The Labute approximate surface area is 129 Å². The molecule has 5 heteroatoms. The first kappa shape index (κ1) is 15.4. The number of aliphatic hydroxyl groups excluding tert-OH is 1. The van der Waals surface area contributed by atoms with Crippen molar-refractivity contribution in [2.24, 2.45) is 7.05 Å². The second-order valence-corrected chi connectivity index (χ2v) is 4.91. The van der Waals surface area contributed by atoms with E-state index in [1.165, 1.54) is 0 Å². The van der Waals surface area contributed by atoms with Crippen molar-refractivity contribution in [3.63, 3.8) is 0 Å². The van der Waals surface area contributed by atoms with Crippen molar-refractivity contribution in [1.82, 2.24) is 9.13 Å². The normalized spacial score (nSPS) is 12.1. The van der Waals surface area contributed by atoms with Crippen LogP contribution >= 0.6 is 0 Å². The Kier molecular flexibility index (Phi) is 4.50. The lowest BCUT2D eigenvalue weighted by Gasteiger charge is -2.12. The van der Waals surface area contributed by atoms with Gasteiger partial charge in [0.05, 0.1) is 23.7 Å². The molecule has 0 saturated heterocycles. The number of aromatic nitrogens is 2. The Bertz CT molecular complexity index is 792. The summed E-state index contributed by atoms with van der Waals surface area (Å²) in [5, 5.41) is 18.5. The highest BCUT2D eigenvalue weighted by Crippen LogP contribution is 2.17. The minimum atomic E-state index is -0.615. The van der Waals surface area contributed by atoms with Crippen LogP contribution in [0.5, 0.6) is 0 Å². The van der Waals surface area contributed by atoms with Gasteiger partial charge in [0, 0.05) is 7.05 Å². The molecule has 0 aliphatic carbocycles. The smallest absolute Gasteiger partial charge is 0.202 e. The first-order valence-corrected chi connectivity index (χ1v) is 6.60. The lowest BCUT2D eigenvalue weighted by molar-refractivity contribution is -0.00000612. The summed E-state index contributed by atoms with van der Waals surface area (Å²) < 4.78 is 3.67. The van der Waals surface area contributed by atoms with Crippen molar-refractivity contribution in [2.75, 3.05) is 0 Å². The van der Waals surface area contributed by atoms with Gasteiger partial charge in [-0.05, 0) is 17.7 Å². The number of imidazole rings is 1. The summed E-state index contributed by atoms with van der Waals surface area (Å²) in [7, 11) is 1.87. The molecule has 0 aliphatic heterocycles. The molecule has 21 heavy (non-hydrogen) atoms. The van der Waals surface area contributed by atoms with Gasteiger partial charge in [-0.1, -0.05) is 42.5 Å². The lowest BCUT2D eigenvalue weighted by atomic mass is 10.1. The SMILES string of the molecule is Cn1c(=N)n(CC(O)c2ccccc2)c2ccccc21.[Cl-]. The lowest BCUT2D eigenvalue weighted by Crippen LogP contribution is -3.00. The molecule has 4 nitrogen and oxygen atoms in total. The van der Waals surface area contributed by atoms with E-state index in [2.05, 4.69) is 0 Å². The minimum Gasteiger partial charge on any atom is -1.00 e. The van der Waals surface area contributed by atoms with Crippen molar-refractivity contribution in [1.29, 1.82) is 5.41 Å². The zero-order valence-electron chi connectivity index (χ0n) is 11.7. The van der Waals surface area contributed by atoms with Gasteiger partial charge in [0.15, 0.2) is 0 Å². The van der Waals surface area contributed by atoms with Crippen molar-refractivity contribution in [3.05, 3.63) is 65.8 Å². The molecule has 1 heterocycles. The summed E-state index contributed by atoms with van der Waals surface area (Å²) in [5.74, 6) is 0. The molecule has 3 rings (SSSR count). The fraction of sp³-hybridized carbons (Fsp3) is 0.188. The van der Waals surface area contributed by atoms with E-state index < -0.39 is 6.10 Å². The number of halogens is 1. The van der Waals surface area contributed by atoms with Crippen LogP contribution in [0.3, 0.4) is 0 Å². The maximum Gasteiger partial charge on any atom is 0.202 e. The average molecular weight is 303 g/mol. The van der Waals surface area contributed by atoms with Crippen LogP contribution in [0, 0.1) is 5.41 Å². The van der Waals surface area contributed by atoms with Gasteiger partial charge in [-0.15, -0.1) is 0 Å². The standard InChI is InChI=1S/C16H17N3O.ClH/c1-18-13-9-5-6-10-14(13)19(16(18)17)11-15(20)12-7-3-2-4-8-12;/h2-10,15,17,20H,11H2,1H3;1H/p-1. The first-order valence-electron chi connectivity index (χ1n) is 6.60. The molecule has 0 spiro atoms. The Morgan fingerprint density at radius 2 is 1.57 bits per heavy atom. The number of para-hydroxylation sites is 2. The van der Waals surface area contributed by atoms with Crippen LogP contribution in [0.1, 0.15) is 11.7 Å². The molecule has 1 aromatic heterocycles. The number of benzene rings is 2. The molecular weight excluding hydrogens is 286 g/mol. The predicted molar refractivity (Wildman–Crippen MR) is 78.2 cm³/mol. The van der Waals surface area contributed by atoms with Crippen molar-refractivity contribution < 1.29 is 17.5 Å². The van der Waals surface area contributed by atoms with E-state index in [1.54, 1.807) is 0 Å². The summed E-state index contributed by atoms with van der Waals surface area (Å²) in [4.78, 5) is 0. The van der Waals surface area contributed by atoms with E-state index in [1.807, 2.05) is 70.8 Å².